The summed E-state index contributed by atoms with van der Waals surface area (Å²) < 4.78 is 26.7. The predicted molar refractivity (Wildman–Crippen MR) is 111 cm³/mol. The van der Waals surface area contributed by atoms with Gasteiger partial charge in [-0.15, -0.1) is 11.3 Å². The van der Waals surface area contributed by atoms with Gasteiger partial charge in [-0.05, 0) is 24.3 Å². The smallest absolute Gasteiger partial charge is 0.262 e. The van der Waals surface area contributed by atoms with E-state index in [1.54, 1.807) is 24.3 Å². The van der Waals surface area contributed by atoms with Crippen LogP contribution in [0.5, 0.6) is 11.6 Å². The third-order valence-electron chi connectivity index (χ3n) is 4.34. The van der Waals surface area contributed by atoms with Crippen LogP contribution >= 0.6 is 11.3 Å². The first-order valence-electron chi connectivity index (χ1n) is 9.04. The highest BCUT2D eigenvalue weighted by atomic mass is 32.1. The number of hydrogen-bond acceptors (Lipinski definition) is 6. The molecule has 0 bridgehead atoms. The Morgan fingerprint density at radius 3 is 2.79 bits per heavy atom. The number of carbonyl (C=O) groups is 1. The molecular weight excluding hydrogens is 393 g/mol. The predicted octanol–water partition coefficient (Wildman–Crippen LogP) is 4.57. The number of rotatable bonds is 6. The van der Waals surface area contributed by atoms with Crippen molar-refractivity contribution in [1.82, 2.24) is 9.97 Å². The van der Waals surface area contributed by atoms with Crippen LogP contribution in [0.4, 0.5) is 10.1 Å². The van der Waals surface area contributed by atoms with E-state index in [0.29, 0.717) is 39.3 Å². The second kappa shape index (κ2) is 8.00. The summed E-state index contributed by atoms with van der Waals surface area (Å²) in [6, 6.07) is 12.0. The molecule has 29 heavy (non-hydrogen) atoms. The first-order chi connectivity index (χ1) is 14.1. The van der Waals surface area contributed by atoms with E-state index in [1.807, 2.05) is 19.1 Å². The highest BCUT2D eigenvalue weighted by Crippen LogP contribution is 2.38. The molecule has 4 rings (SSSR count). The summed E-state index contributed by atoms with van der Waals surface area (Å²) in [5.41, 5.74) is 1.06. The summed E-state index contributed by atoms with van der Waals surface area (Å²) in [7, 11) is 1.53. The van der Waals surface area contributed by atoms with Gasteiger partial charge in [0.15, 0.2) is 6.61 Å². The van der Waals surface area contributed by atoms with Gasteiger partial charge >= 0.3 is 0 Å². The highest BCUT2D eigenvalue weighted by Gasteiger charge is 2.18. The van der Waals surface area contributed by atoms with Gasteiger partial charge in [0, 0.05) is 11.1 Å². The number of nitrogens with one attached hydrogen (secondary N) is 1. The molecule has 1 N–H and O–H groups in total. The Bertz CT molecular complexity index is 1210. The fourth-order valence-electron chi connectivity index (χ4n) is 2.99. The summed E-state index contributed by atoms with van der Waals surface area (Å²) >= 11 is 1.34. The number of amides is 1. The van der Waals surface area contributed by atoms with Crippen molar-refractivity contribution in [2.24, 2.45) is 0 Å². The Labute approximate surface area is 170 Å². The lowest BCUT2D eigenvalue weighted by Crippen LogP contribution is -2.21. The van der Waals surface area contributed by atoms with Gasteiger partial charge in [0.25, 0.3) is 5.91 Å². The molecule has 8 heteroatoms. The molecule has 0 spiro atoms. The number of hydrogen-bond donors (Lipinski definition) is 1. The van der Waals surface area contributed by atoms with Crippen LogP contribution in [0.2, 0.25) is 0 Å². The SMILES string of the molecule is CCc1nc(OCC(=O)Nc2ccccc2OC)c2sc3cccc(F)c3c2n1. The molecule has 148 valence electrons. The van der Waals surface area contributed by atoms with Gasteiger partial charge in [-0.25, -0.2) is 9.37 Å². The number of methoxy groups -OCH3 is 1. The van der Waals surface area contributed by atoms with Crippen LogP contribution in [-0.2, 0) is 11.2 Å². The van der Waals surface area contributed by atoms with E-state index in [2.05, 4.69) is 15.3 Å². The number of ether oxygens (including phenoxy) is 2. The van der Waals surface area contributed by atoms with Gasteiger partial charge in [0.2, 0.25) is 5.88 Å². The summed E-state index contributed by atoms with van der Waals surface area (Å²) in [6.07, 6.45) is 0.561. The van der Waals surface area contributed by atoms with Gasteiger partial charge in [-0.2, -0.15) is 4.98 Å². The number of nitrogens with zero attached hydrogens (tertiary/aromatic N) is 2. The summed E-state index contributed by atoms with van der Waals surface area (Å²) in [6.45, 7) is 1.66. The van der Waals surface area contributed by atoms with E-state index in [1.165, 1.54) is 24.5 Å². The minimum atomic E-state index is -0.355. The molecule has 0 unspecified atom stereocenters. The number of halogens is 1. The third-order valence-corrected chi connectivity index (χ3v) is 5.47. The molecule has 2 heterocycles. The molecule has 1 amide bonds. The first-order valence-corrected chi connectivity index (χ1v) is 9.85. The number of para-hydroxylation sites is 2. The molecule has 0 aliphatic rings. The lowest BCUT2D eigenvalue weighted by molar-refractivity contribution is -0.118. The Morgan fingerprint density at radius 2 is 2.00 bits per heavy atom. The fraction of sp³-hybridized carbons (Fsp3) is 0.190. The molecule has 0 atom stereocenters. The van der Waals surface area contributed by atoms with E-state index in [-0.39, 0.29) is 24.2 Å². The molecule has 0 aliphatic carbocycles. The van der Waals surface area contributed by atoms with Crippen LogP contribution in [0.3, 0.4) is 0 Å². The Morgan fingerprint density at radius 1 is 1.17 bits per heavy atom. The Hall–Kier alpha value is -3.26. The monoisotopic (exact) mass is 411 g/mol. The molecule has 0 saturated carbocycles. The maximum atomic E-state index is 14.4. The fourth-order valence-corrected chi connectivity index (χ4v) is 4.09. The van der Waals surface area contributed by atoms with Crippen LogP contribution in [0.25, 0.3) is 20.3 Å². The zero-order chi connectivity index (χ0) is 20.4. The molecule has 4 aromatic rings. The topological polar surface area (TPSA) is 73.3 Å². The van der Waals surface area contributed by atoms with Crippen LogP contribution < -0.4 is 14.8 Å². The number of aryl methyl sites for hydroxylation is 1. The van der Waals surface area contributed by atoms with Crippen molar-refractivity contribution in [2.45, 2.75) is 13.3 Å². The second-order valence-corrected chi connectivity index (χ2v) is 7.28. The lowest BCUT2D eigenvalue weighted by atomic mass is 10.2. The lowest BCUT2D eigenvalue weighted by Gasteiger charge is -2.11. The number of fused-ring (bicyclic) bond motifs is 3. The standard InChI is InChI=1S/C21H18FN3O3S/c1-3-16-24-19-18-12(22)7-6-10-15(18)29-20(19)21(25-16)28-11-17(26)23-13-8-4-5-9-14(13)27-2/h4-10H,3,11H2,1-2H3,(H,23,26). The van der Waals surface area contributed by atoms with E-state index >= 15 is 0 Å². The quantitative estimate of drug-likeness (QED) is 0.503. The largest absolute Gasteiger partial charge is 0.495 e. The minimum absolute atomic E-state index is 0.246. The van der Waals surface area contributed by atoms with Crippen LogP contribution in [0.15, 0.2) is 42.5 Å². The van der Waals surface area contributed by atoms with E-state index < -0.39 is 0 Å². The normalized spacial score (nSPS) is 11.0. The van der Waals surface area contributed by atoms with Crippen molar-refractivity contribution >= 4 is 43.2 Å². The van der Waals surface area contributed by atoms with Crippen molar-refractivity contribution in [3.05, 3.63) is 54.1 Å². The molecule has 0 saturated heterocycles. The number of benzene rings is 2. The summed E-state index contributed by atoms with van der Waals surface area (Å²) in [5.74, 6) is 0.669. The average Bonchev–Trinajstić information content (AvgIpc) is 3.12. The van der Waals surface area contributed by atoms with Crippen molar-refractivity contribution in [3.63, 3.8) is 0 Å². The van der Waals surface area contributed by atoms with Crippen molar-refractivity contribution in [2.75, 3.05) is 19.0 Å². The Balaban J connectivity index is 1.63. The molecule has 2 aromatic heterocycles. The minimum Gasteiger partial charge on any atom is -0.495 e. The van der Waals surface area contributed by atoms with E-state index in [0.717, 1.165) is 4.70 Å². The first kappa shape index (κ1) is 19.1. The second-order valence-electron chi connectivity index (χ2n) is 6.23. The summed E-state index contributed by atoms with van der Waals surface area (Å²) in [5, 5.41) is 3.21. The molecular formula is C21H18FN3O3S. The maximum absolute atomic E-state index is 14.4. The van der Waals surface area contributed by atoms with Crippen LogP contribution in [0, 0.1) is 5.82 Å². The summed E-state index contributed by atoms with van der Waals surface area (Å²) in [4.78, 5) is 21.3. The molecule has 0 fully saturated rings. The Kier molecular flexibility index (Phi) is 5.26. The molecule has 2 aromatic carbocycles. The number of thiophene rings is 1. The van der Waals surface area contributed by atoms with E-state index in [4.69, 9.17) is 9.47 Å². The van der Waals surface area contributed by atoms with Gasteiger partial charge < -0.3 is 14.8 Å². The maximum Gasteiger partial charge on any atom is 0.262 e. The van der Waals surface area contributed by atoms with Gasteiger partial charge in [0.1, 0.15) is 22.1 Å². The van der Waals surface area contributed by atoms with Gasteiger partial charge in [0.05, 0.1) is 23.7 Å². The van der Waals surface area contributed by atoms with Crippen molar-refractivity contribution < 1.29 is 18.7 Å². The zero-order valence-corrected chi connectivity index (χ0v) is 16.7. The van der Waals surface area contributed by atoms with Crippen molar-refractivity contribution in [3.8, 4) is 11.6 Å². The van der Waals surface area contributed by atoms with Gasteiger partial charge in [-0.1, -0.05) is 25.1 Å². The average molecular weight is 411 g/mol. The molecule has 0 radical (unpaired) electrons. The highest BCUT2D eigenvalue weighted by molar-refractivity contribution is 7.26. The van der Waals surface area contributed by atoms with Crippen LogP contribution in [0.1, 0.15) is 12.7 Å². The van der Waals surface area contributed by atoms with Gasteiger partial charge in [-0.3, -0.25) is 4.79 Å². The number of carbonyl (C=O) groups excluding carboxylic acids is 1. The number of aromatic nitrogens is 2. The zero-order valence-electron chi connectivity index (χ0n) is 15.9. The van der Waals surface area contributed by atoms with Crippen LogP contribution in [-0.4, -0.2) is 29.6 Å². The third kappa shape index (κ3) is 3.71. The molecule has 0 aliphatic heterocycles. The van der Waals surface area contributed by atoms with E-state index in [9.17, 15) is 9.18 Å². The molecule has 6 nitrogen and oxygen atoms in total. The number of anilines is 1. The van der Waals surface area contributed by atoms with Crippen molar-refractivity contribution in [1.29, 1.82) is 0 Å².